The van der Waals surface area contributed by atoms with Crippen molar-refractivity contribution in [1.82, 2.24) is 5.32 Å². The lowest BCUT2D eigenvalue weighted by Gasteiger charge is -2.24. The van der Waals surface area contributed by atoms with Crippen LogP contribution in [-0.4, -0.2) is 12.0 Å². The zero-order chi connectivity index (χ0) is 19.2. The van der Waals surface area contributed by atoms with Crippen LogP contribution in [0.15, 0.2) is 78.9 Å². The topological polar surface area (TPSA) is 38.3 Å². The zero-order valence-electron chi connectivity index (χ0n) is 16.0. The number of benzene rings is 3. The first-order valence-electron chi connectivity index (χ1n) is 9.19. The first-order chi connectivity index (χ1) is 13.1. The summed E-state index contributed by atoms with van der Waals surface area (Å²) >= 11 is 0. The summed E-state index contributed by atoms with van der Waals surface area (Å²) in [6, 6.07) is 25.6. The van der Waals surface area contributed by atoms with Crippen molar-refractivity contribution in [3.8, 4) is 5.75 Å². The highest BCUT2D eigenvalue weighted by Crippen LogP contribution is 2.25. The van der Waals surface area contributed by atoms with Crippen LogP contribution in [-0.2, 0) is 4.79 Å². The van der Waals surface area contributed by atoms with Crippen molar-refractivity contribution in [2.75, 3.05) is 0 Å². The average Bonchev–Trinajstić information content (AvgIpc) is 2.69. The minimum atomic E-state index is -0.596. The van der Waals surface area contributed by atoms with E-state index < -0.39 is 6.10 Å². The molecule has 0 saturated carbocycles. The molecule has 0 unspecified atom stereocenters. The maximum absolute atomic E-state index is 12.9. The van der Waals surface area contributed by atoms with Gasteiger partial charge < -0.3 is 10.1 Å². The second-order valence-electron chi connectivity index (χ2n) is 6.73. The number of rotatable bonds is 6. The van der Waals surface area contributed by atoms with Crippen molar-refractivity contribution < 1.29 is 9.53 Å². The van der Waals surface area contributed by atoms with Crippen LogP contribution < -0.4 is 10.1 Å². The molecular weight excluding hydrogens is 334 g/mol. The third-order valence-electron chi connectivity index (χ3n) is 4.69. The Balaban J connectivity index is 1.83. The van der Waals surface area contributed by atoms with Crippen molar-refractivity contribution in [2.45, 2.75) is 32.9 Å². The normalized spacial score (nSPS) is 12.9. The number of amides is 1. The fourth-order valence-electron chi connectivity index (χ4n) is 3.09. The van der Waals surface area contributed by atoms with E-state index in [9.17, 15) is 4.79 Å². The van der Waals surface area contributed by atoms with E-state index >= 15 is 0 Å². The minimum Gasteiger partial charge on any atom is -0.481 e. The molecular formula is C24H25NO2. The molecule has 0 bridgehead atoms. The summed E-state index contributed by atoms with van der Waals surface area (Å²) in [4.78, 5) is 12.9. The molecule has 1 amide bonds. The lowest BCUT2D eigenvalue weighted by Crippen LogP contribution is -2.39. The fourth-order valence-corrected chi connectivity index (χ4v) is 3.09. The van der Waals surface area contributed by atoms with Crippen molar-refractivity contribution in [2.24, 2.45) is 0 Å². The quantitative estimate of drug-likeness (QED) is 0.674. The fraction of sp³-hybridized carbons (Fsp3) is 0.208. The van der Waals surface area contributed by atoms with Crippen LogP contribution in [0.5, 0.6) is 5.75 Å². The molecule has 3 aromatic rings. The number of hydrogen-bond donors (Lipinski definition) is 1. The molecule has 0 aliphatic carbocycles. The molecule has 2 atom stereocenters. The second kappa shape index (κ2) is 8.54. The smallest absolute Gasteiger partial charge is 0.261 e. The van der Waals surface area contributed by atoms with Gasteiger partial charge in [0.15, 0.2) is 6.10 Å². The number of carbonyl (C=O) groups excluding carboxylic acids is 1. The van der Waals surface area contributed by atoms with Gasteiger partial charge in [-0.05, 0) is 49.1 Å². The highest BCUT2D eigenvalue weighted by Gasteiger charge is 2.23. The number of para-hydroxylation sites is 1. The highest BCUT2D eigenvalue weighted by atomic mass is 16.5. The molecule has 0 heterocycles. The van der Waals surface area contributed by atoms with Crippen molar-refractivity contribution >= 4 is 5.91 Å². The summed E-state index contributed by atoms with van der Waals surface area (Å²) < 4.78 is 5.90. The van der Waals surface area contributed by atoms with E-state index in [1.807, 2.05) is 73.7 Å². The van der Waals surface area contributed by atoms with Gasteiger partial charge in [-0.3, -0.25) is 4.79 Å². The van der Waals surface area contributed by atoms with Gasteiger partial charge in [0, 0.05) is 0 Å². The SMILES string of the molecule is Cc1ccccc1O[C@@H](C)C(=O)N[C@H](c1ccccc1)c1ccccc1C. The molecule has 3 aromatic carbocycles. The third-order valence-corrected chi connectivity index (χ3v) is 4.69. The third kappa shape index (κ3) is 4.56. The molecule has 0 fully saturated rings. The Bertz CT molecular complexity index is 905. The molecule has 1 N–H and O–H groups in total. The van der Waals surface area contributed by atoms with Gasteiger partial charge >= 0.3 is 0 Å². The molecule has 27 heavy (non-hydrogen) atoms. The molecule has 0 aromatic heterocycles. The van der Waals surface area contributed by atoms with Crippen LogP contribution in [0.4, 0.5) is 0 Å². The number of nitrogens with one attached hydrogen (secondary N) is 1. The Labute approximate surface area is 161 Å². The van der Waals surface area contributed by atoms with Gasteiger partial charge in [-0.25, -0.2) is 0 Å². The summed E-state index contributed by atoms with van der Waals surface area (Å²) in [6.07, 6.45) is -0.596. The molecule has 0 saturated heterocycles. The zero-order valence-corrected chi connectivity index (χ0v) is 16.0. The number of aryl methyl sites for hydroxylation is 2. The van der Waals surface area contributed by atoms with Gasteiger partial charge in [-0.15, -0.1) is 0 Å². The Kier molecular flexibility index (Phi) is 5.92. The maximum atomic E-state index is 12.9. The van der Waals surface area contributed by atoms with Crippen LogP contribution in [0, 0.1) is 13.8 Å². The first-order valence-corrected chi connectivity index (χ1v) is 9.19. The predicted octanol–water partition coefficient (Wildman–Crippen LogP) is 4.98. The van der Waals surface area contributed by atoms with Gasteiger partial charge in [-0.2, -0.15) is 0 Å². The van der Waals surface area contributed by atoms with Crippen LogP contribution in [0.2, 0.25) is 0 Å². The van der Waals surface area contributed by atoms with Gasteiger partial charge in [0.25, 0.3) is 5.91 Å². The molecule has 3 heteroatoms. The Morgan fingerprint density at radius 3 is 2.07 bits per heavy atom. The van der Waals surface area contributed by atoms with E-state index in [2.05, 4.69) is 24.4 Å². The lowest BCUT2D eigenvalue weighted by atomic mass is 9.95. The van der Waals surface area contributed by atoms with Crippen molar-refractivity contribution in [3.05, 3.63) is 101 Å². The van der Waals surface area contributed by atoms with Crippen LogP contribution in [0.1, 0.15) is 35.2 Å². The number of carbonyl (C=O) groups is 1. The van der Waals surface area contributed by atoms with Crippen molar-refractivity contribution in [3.63, 3.8) is 0 Å². The van der Waals surface area contributed by atoms with Gasteiger partial charge in [0.1, 0.15) is 5.75 Å². The summed E-state index contributed by atoms with van der Waals surface area (Å²) in [5, 5.41) is 3.17. The molecule has 3 nitrogen and oxygen atoms in total. The minimum absolute atomic E-state index is 0.143. The largest absolute Gasteiger partial charge is 0.481 e. The van der Waals surface area contributed by atoms with Gasteiger partial charge in [-0.1, -0.05) is 72.8 Å². The summed E-state index contributed by atoms with van der Waals surface area (Å²) in [5.41, 5.74) is 4.28. The van der Waals surface area contributed by atoms with E-state index in [1.54, 1.807) is 6.92 Å². The van der Waals surface area contributed by atoms with Crippen molar-refractivity contribution in [1.29, 1.82) is 0 Å². The van der Waals surface area contributed by atoms with Gasteiger partial charge in [0.05, 0.1) is 6.04 Å². The maximum Gasteiger partial charge on any atom is 0.261 e. The van der Waals surface area contributed by atoms with Gasteiger partial charge in [0.2, 0.25) is 0 Å². The van der Waals surface area contributed by atoms with E-state index in [0.717, 1.165) is 28.0 Å². The monoisotopic (exact) mass is 359 g/mol. The van der Waals surface area contributed by atoms with Crippen LogP contribution >= 0.6 is 0 Å². The summed E-state index contributed by atoms with van der Waals surface area (Å²) in [7, 11) is 0. The first kappa shape index (κ1) is 18.7. The number of hydrogen-bond acceptors (Lipinski definition) is 2. The van der Waals surface area contributed by atoms with E-state index in [1.165, 1.54) is 0 Å². The lowest BCUT2D eigenvalue weighted by molar-refractivity contribution is -0.127. The molecule has 3 rings (SSSR count). The van der Waals surface area contributed by atoms with E-state index in [-0.39, 0.29) is 11.9 Å². The standard InChI is InChI=1S/C24H25NO2/c1-17-11-7-9-15-21(17)23(20-13-5-4-6-14-20)25-24(26)19(3)27-22-16-10-8-12-18(22)2/h4-16,19,23H,1-3H3,(H,25,26)/t19-,23+/m0/s1. The Hall–Kier alpha value is -3.07. The predicted molar refractivity (Wildman–Crippen MR) is 109 cm³/mol. The molecule has 0 aliphatic rings. The van der Waals surface area contributed by atoms with Crippen LogP contribution in [0.3, 0.4) is 0 Å². The molecule has 0 spiro atoms. The Morgan fingerprint density at radius 1 is 0.815 bits per heavy atom. The molecule has 138 valence electrons. The highest BCUT2D eigenvalue weighted by molar-refractivity contribution is 5.81. The molecule has 0 radical (unpaired) electrons. The summed E-state index contributed by atoms with van der Waals surface area (Å²) in [5.74, 6) is 0.586. The Morgan fingerprint density at radius 2 is 1.41 bits per heavy atom. The number of ether oxygens (including phenoxy) is 1. The van der Waals surface area contributed by atoms with E-state index in [4.69, 9.17) is 4.74 Å². The van der Waals surface area contributed by atoms with E-state index in [0.29, 0.717) is 0 Å². The molecule has 0 aliphatic heterocycles. The second-order valence-corrected chi connectivity index (χ2v) is 6.73. The van der Waals surface area contributed by atoms with Crippen LogP contribution in [0.25, 0.3) is 0 Å². The average molecular weight is 359 g/mol. The summed E-state index contributed by atoms with van der Waals surface area (Å²) in [6.45, 7) is 5.81.